The van der Waals surface area contributed by atoms with Crippen molar-refractivity contribution in [1.29, 1.82) is 0 Å². The van der Waals surface area contributed by atoms with E-state index in [1.54, 1.807) is 0 Å². The second kappa shape index (κ2) is 66.0. The van der Waals surface area contributed by atoms with E-state index in [9.17, 15) is 0 Å². The van der Waals surface area contributed by atoms with Gasteiger partial charge in [-0.1, -0.05) is 48.9 Å². The summed E-state index contributed by atoms with van der Waals surface area (Å²) in [5.41, 5.74) is 0. The van der Waals surface area contributed by atoms with Gasteiger partial charge in [-0.3, -0.25) is 0 Å². The second-order valence-corrected chi connectivity index (χ2v) is 10.8. The Morgan fingerprint density at radius 2 is 0.385 bits per heavy atom. The number of hydrogen-bond acceptors (Lipinski definition) is 20. The number of thiocarbonyl (C=S) groups is 4. The molecule has 8 N–H and O–H groups in total. The normalized spacial score (nSPS) is 15.8. The molecule has 0 aromatic rings. The number of nitrogens with zero attached hydrogens (tertiary/aromatic N) is 4. The first-order valence-electron chi connectivity index (χ1n) is 14.6. The van der Waals surface area contributed by atoms with Crippen molar-refractivity contribution in [1.82, 2.24) is 42.5 Å². The van der Waals surface area contributed by atoms with Crippen LogP contribution in [-0.2, 0) is 33.0 Å². The van der Waals surface area contributed by atoms with Crippen LogP contribution in [0.4, 0.5) is 0 Å². The number of nitrogens with one attached hydrogen (secondary N) is 8. The van der Waals surface area contributed by atoms with Gasteiger partial charge in [-0.2, -0.15) is 20.6 Å². The Morgan fingerprint density at radius 3 is 0.462 bits per heavy atom. The third-order valence-corrected chi connectivity index (χ3v) is 4.74. The maximum Gasteiger partial charge on any atom is 3.00 e. The number of rotatable bonds is 0. The minimum absolute atomic E-state index is 0. The van der Waals surface area contributed by atoms with Crippen LogP contribution in [0.15, 0.2) is 0 Å². The van der Waals surface area contributed by atoms with Gasteiger partial charge in [0.15, 0.2) is 0 Å². The van der Waals surface area contributed by atoms with E-state index in [-0.39, 0.29) is 33.0 Å². The average molecular weight is 949 g/mol. The molecule has 2 aliphatic rings. The van der Waals surface area contributed by atoms with E-state index in [2.05, 4.69) is 91.4 Å². The Balaban J connectivity index is -0.0000000785. The van der Waals surface area contributed by atoms with Gasteiger partial charge < -0.3 is 64.2 Å². The largest absolute Gasteiger partial charge is 3.00 e. The van der Waals surface area contributed by atoms with E-state index in [4.69, 9.17) is 58.9 Å². The fourth-order valence-corrected chi connectivity index (χ4v) is 3.06. The smallest absolute Gasteiger partial charge is 0.753 e. The van der Waals surface area contributed by atoms with Crippen LogP contribution in [0, 0.1) is 20.5 Å². The first-order valence-corrected chi connectivity index (χ1v) is 18.7. The van der Waals surface area contributed by atoms with Crippen molar-refractivity contribution in [2.24, 2.45) is 0 Å². The molecule has 310 valence electrons. The van der Waals surface area contributed by atoms with Gasteiger partial charge in [-0.05, 0) is 78.0 Å². The Bertz CT molecular complexity index is 610. The van der Waals surface area contributed by atoms with E-state index < -0.39 is 20.5 Å². The van der Waals surface area contributed by atoms with Crippen LogP contribution in [0.1, 0.15) is 25.7 Å². The Labute approximate surface area is 352 Å². The molecule has 2 aliphatic heterocycles. The summed E-state index contributed by atoms with van der Waals surface area (Å²) in [5.74, 6) is 0. The minimum atomic E-state index is -4.94. The van der Waals surface area contributed by atoms with Crippen molar-refractivity contribution in [2.45, 2.75) is 25.7 Å². The van der Waals surface area contributed by atoms with E-state index in [1.165, 1.54) is 46.3 Å². The summed E-state index contributed by atoms with van der Waals surface area (Å²) in [4.78, 5) is 0. The van der Waals surface area contributed by atoms with Crippen LogP contribution in [0.25, 0.3) is 21.6 Å². The predicted octanol–water partition coefficient (Wildman–Crippen LogP) is -8.61. The number of hydrogen-bond donors (Lipinski definition) is 8. The summed E-state index contributed by atoms with van der Waals surface area (Å²) in [6, 6.07) is 0. The van der Waals surface area contributed by atoms with Gasteiger partial charge in [0, 0.05) is 52.4 Å². The third-order valence-electron chi connectivity index (χ3n) is 4.74. The molecule has 2 rings (SSSR count). The van der Waals surface area contributed by atoms with Crippen molar-refractivity contribution in [3.8, 4) is 0 Å². The van der Waals surface area contributed by atoms with E-state index in [0.717, 1.165) is 105 Å². The average Bonchev–Trinajstić information content (AvgIpc) is 3.00. The van der Waals surface area contributed by atoms with Crippen LogP contribution >= 0.6 is 48.9 Å². The molecule has 0 unspecified atom stereocenters. The molecule has 0 bridgehead atoms. The third kappa shape index (κ3) is 153. The summed E-state index contributed by atoms with van der Waals surface area (Å²) in [6.07, 6.45) is 4.89. The molecule has 2 heterocycles. The Kier molecular flexibility index (Phi) is 88.8. The number of halogens is 2. The zero-order valence-electron chi connectivity index (χ0n) is 28.2. The van der Waals surface area contributed by atoms with E-state index in [1.807, 2.05) is 0 Å². The molecule has 0 aliphatic carbocycles. The molecular weight excluding hydrogens is 901 g/mol. The zero-order valence-corrected chi connectivity index (χ0v) is 35.0. The molecule has 0 spiro atoms. The van der Waals surface area contributed by atoms with Crippen molar-refractivity contribution in [3.05, 3.63) is 21.6 Å². The summed E-state index contributed by atoms with van der Waals surface area (Å²) < 4.78 is 67.9. The van der Waals surface area contributed by atoms with Gasteiger partial charge in [0.2, 0.25) is 0 Å². The van der Waals surface area contributed by atoms with Crippen LogP contribution in [0.5, 0.6) is 0 Å². The van der Waals surface area contributed by atoms with Crippen LogP contribution in [0.2, 0.25) is 0 Å². The summed E-state index contributed by atoms with van der Waals surface area (Å²) in [5, 5.41) is 61.2. The van der Waals surface area contributed by atoms with Crippen molar-refractivity contribution in [2.75, 3.05) is 105 Å². The Morgan fingerprint density at radius 1 is 0.308 bits per heavy atom. The molecule has 20 nitrogen and oxygen atoms in total. The van der Waals surface area contributed by atoms with Gasteiger partial charge in [0.25, 0.3) is 0 Å². The minimum Gasteiger partial charge on any atom is -0.753 e. The van der Waals surface area contributed by atoms with Crippen molar-refractivity contribution < 1.29 is 90.7 Å². The molecule has 0 aromatic carbocycles. The monoisotopic (exact) mass is 946 g/mol. The van der Waals surface area contributed by atoms with Gasteiger partial charge in [0.05, 0.1) is 0 Å². The summed E-state index contributed by atoms with van der Waals surface area (Å²) >= 11 is 14.8. The second-order valence-electron chi connectivity index (χ2n) is 8.54. The molecule has 2 saturated heterocycles. The fraction of sp³-hybridized carbons (Fsp3) is 0.833. The number of isothiocyanates is 4. The summed E-state index contributed by atoms with van der Waals surface area (Å²) in [6.45, 7) is 17.7. The van der Waals surface area contributed by atoms with Gasteiger partial charge in [-0.15, -0.1) is 20.5 Å². The first kappa shape index (κ1) is 70.0. The van der Waals surface area contributed by atoms with Crippen LogP contribution < -0.4 is 79.8 Å². The topological polar surface area (TPSA) is 370 Å². The molecule has 0 atom stereocenters. The van der Waals surface area contributed by atoms with Gasteiger partial charge in [0.1, 0.15) is 0 Å². The molecule has 0 amide bonds. The molecule has 0 saturated carbocycles. The SMILES string of the molecule is C1CNCCNCCCNCCNC1.C1CNCCNCCCNCCNC1.[N-]=C=S.[N-]=C=S.[N-]=C=S.[N-]=C=S.[Ni+3].[Ni+3].[O-][Cl+3]([O-])([O-])[O-].[O-][Cl+3]([O-])([O-])[O-]. The molecule has 2 radical (unpaired) electrons. The van der Waals surface area contributed by atoms with Crippen molar-refractivity contribution >= 4 is 69.5 Å². The zero-order chi connectivity index (χ0) is 39.6. The quantitative estimate of drug-likeness (QED) is 0.0635. The van der Waals surface area contributed by atoms with E-state index in [0.29, 0.717) is 0 Å². The molecule has 52 heavy (non-hydrogen) atoms. The predicted molar refractivity (Wildman–Crippen MR) is 185 cm³/mol. The fourth-order valence-electron chi connectivity index (χ4n) is 3.06. The van der Waals surface area contributed by atoms with E-state index >= 15 is 0 Å². The molecule has 0 aromatic heterocycles. The maximum atomic E-state index is 8.49. The van der Waals surface area contributed by atoms with Crippen LogP contribution in [0.3, 0.4) is 0 Å². The molecular formula is C24H48Cl2N12Ni2O8S4. The van der Waals surface area contributed by atoms with Gasteiger partial charge >= 0.3 is 33.0 Å². The summed E-state index contributed by atoms with van der Waals surface area (Å²) in [7, 11) is -9.89. The first-order chi connectivity index (χ1) is 23.7. The van der Waals surface area contributed by atoms with Crippen LogP contribution in [-0.4, -0.2) is 125 Å². The Hall–Kier alpha value is 0.127. The molecule has 2 fully saturated rings. The standard InChI is InChI=1S/2C10H24N4.4CNS.2ClHO4.2Ni/c2*1-3-11-7-9-13-5-2-6-14-10-8-12-4-1;4*2-1-3;2*2-1(3,4)5;;/h2*11-14H,1-10H2;;;;;2*(H,2,3,4,5);;/q;;4*-1;;;2*+3/p-2. The van der Waals surface area contributed by atoms with Crippen molar-refractivity contribution in [3.63, 3.8) is 0 Å². The molecule has 28 heteroatoms. The van der Waals surface area contributed by atoms with Gasteiger partial charge in [-0.25, -0.2) is 37.3 Å². The maximum absolute atomic E-state index is 8.49.